The molecule has 0 fully saturated rings. The number of alkyl halides is 3. The first-order valence-corrected chi connectivity index (χ1v) is 7.88. The average molecular weight is 393 g/mol. The zero-order chi connectivity index (χ0) is 20.5. The van der Waals surface area contributed by atoms with Gasteiger partial charge in [0.05, 0.1) is 30.2 Å². The summed E-state index contributed by atoms with van der Waals surface area (Å²) in [4.78, 5) is 14.6. The number of hydrogen-bond acceptors (Lipinski definition) is 6. The van der Waals surface area contributed by atoms with Crippen LogP contribution in [0.2, 0.25) is 0 Å². The van der Waals surface area contributed by atoms with Crippen molar-refractivity contribution in [3.05, 3.63) is 58.1 Å². The van der Waals surface area contributed by atoms with Gasteiger partial charge < -0.3 is 14.8 Å². The van der Waals surface area contributed by atoms with Crippen LogP contribution in [0.3, 0.4) is 0 Å². The molecule has 1 aromatic heterocycles. The lowest BCUT2D eigenvalue weighted by atomic mass is 10.1. The molecule has 0 radical (unpaired) electrons. The number of ether oxygens (including phenoxy) is 2. The Morgan fingerprint density at radius 3 is 2.43 bits per heavy atom. The minimum absolute atomic E-state index is 0.0325. The molecule has 10 heteroatoms. The molecule has 28 heavy (non-hydrogen) atoms. The van der Waals surface area contributed by atoms with Gasteiger partial charge in [0, 0.05) is 17.1 Å². The number of halogens is 3. The number of pyridine rings is 1. The zero-order valence-electron chi connectivity index (χ0n) is 14.7. The fourth-order valence-electron chi connectivity index (χ4n) is 2.69. The monoisotopic (exact) mass is 393 g/mol. The van der Waals surface area contributed by atoms with Gasteiger partial charge in [-0.1, -0.05) is 0 Å². The van der Waals surface area contributed by atoms with Crippen molar-refractivity contribution in [3.63, 3.8) is 0 Å². The summed E-state index contributed by atoms with van der Waals surface area (Å²) in [6.45, 7) is 0. The number of methoxy groups -OCH3 is 2. The summed E-state index contributed by atoms with van der Waals surface area (Å²) in [7, 11) is 2.64. The third kappa shape index (κ3) is 3.75. The Morgan fingerprint density at radius 2 is 1.82 bits per heavy atom. The summed E-state index contributed by atoms with van der Waals surface area (Å²) >= 11 is 0. The maximum Gasteiger partial charge on any atom is 0.417 e. The van der Waals surface area contributed by atoms with Crippen molar-refractivity contribution in [2.24, 2.45) is 0 Å². The Bertz CT molecular complexity index is 1050. The summed E-state index contributed by atoms with van der Waals surface area (Å²) < 4.78 is 50.5. The highest BCUT2D eigenvalue weighted by Gasteiger charge is 2.33. The van der Waals surface area contributed by atoms with E-state index in [2.05, 4.69) is 10.3 Å². The Kier molecular flexibility index (Phi) is 4.95. The van der Waals surface area contributed by atoms with Gasteiger partial charge in [-0.3, -0.25) is 10.1 Å². The largest absolute Gasteiger partial charge is 0.497 e. The van der Waals surface area contributed by atoms with E-state index in [4.69, 9.17) is 9.47 Å². The van der Waals surface area contributed by atoms with E-state index in [0.717, 1.165) is 12.1 Å². The predicted octanol–water partition coefficient (Wildman–Crippen LogP) is 4.92. The van der Waals surface area contributed by atoms with Gasteiger partial charge in [0.25, 0.3) is 0 Å². The molecule has 0 saturated heterocycles. The molecule has 146 valence electrons. The van der Waals surface area contributed by atoms with Crippen LogP contribution in [0.5, 0.6) is 11.5 Å². The van der Waals surface area contributed by atoms with Crippen LogP contribution in [0.15, 0.2) is 42.5 Å². The molecule has 0 aliphatic rings. The number of benzene rings is 2. The standard InChI is InChI=1S/C18H14F3N3O4/c1-27-11-4-5-14-12(8-11)13(18(19,20)21)9-17(23-14)22-10-3-6-16(28-2)15(7-10)24(25)26/h3-9H,1-2H3,(H,22,23). The quantitative estimate of drug-likeness (QED) is 0.489. The van der Waals surface area contributed by atoms with Crippen molar-refractivity contribution < 1.29 is 27.6 Å². The van der Waals surface area contributed by atoms with E-state index in [-0.39, 0.29) is 39.6 Å². The molecule has 0 atom stereocenters. The lowest BCUT2D eigenvalue weighted by molar-refractivity contribution is -0.385. The number of nitrogens with zero attached hydrogens (tertiary/aromatic N) is 2. The van der Waals surface area contributed by atoms with E-state index in [9.17, 15) is 23.3 Å². The topological polar surface area (TPSA) is 86.5 Å². The van der Waals surface area contributed by atoms with Gasteiger partial charge in [-0.25, -0.2) is 4.98 Å². The van der Waals surface area contributed by atoms with Crippen molar-refractivity contribution in [1.82, 2.24) is 4.98 Å². The molecule has 0 bridgehead atoms. The van der Waals surface area contributed by atoms with Crippen molar-refractivity contribution in [2.75, 3.05) is 19.5 Å². The second kappa shape index (κ2) is 7.22. The summed E-state index contributed by atoms with van der Waals surface area (Å²) in [5.74, 6) is 0.195. The molecule has 0 amide bonds. The van der Waals surface area contributed by atoms with Gasteiger partial charge in [0.15, 0.2) is 5.75 Å². The molecule has 3 rings (SSSR count). The van der Waals surface area contributed by atoms with Crippen LogP contribution in [0.1, 0.15) is 5.56 Å². The molecule has 3 aromatic rings. The molecule has 0 saturated carbocycles. The van der Waals surface area contributed by atoms with Gasteiger partial charge in [-0.05, 0) is 36.4 Å². The Labute approximate surface area is 156 Å². The van der Waals surface area contributed by atoms with Crippen molar-refractivity contribution in [1.29, 1.82) is 0 Å². The highest BCUT2D eigenvalue weighted by Crippen LogP contribution is 2.38. The number of nitro benzene ring substituents is 1. The molecule has 0 aliphatic carbocycles. The first kappa shape index (κ1) is 19.2. The molecule has 2 aromatic carbocycles. The summed E-state index contributed by atoms with van der Waals surface area (Å²) in [5.41, 5.74) is -0.932. The first-order chi connectivity index (χ1) is 13.2. The van der Waals surface area contributed by atoms with E-state index in [1.807, 2.05) is 0 Å². The number of nitro groups is 1. The minimum atomic E-state index is -4.63. The summed E-state index contributed by atoms with van der Waals surface area (Å²) in [6, 6.07) is 8.95. The Balaban J connectivity index is 2.09. The number of aromatic nitrogens is 1. The number of hydrogen-bond donors (Lipinski definition) is 1. The number of nitrogens with one attached hydrogen (secondary N) is 1. The van der Waals surface area contributed by atoms with E-state index in [1.165, 1.54) is 44.6 Å². The van der Waals surface area contributed by atoms with Gasteiger partial charge in [0.1, 0.15) is 11.6 Å². The molecule has 7 nitrogen and oxygen atoms in total. The van der Waals surface area contributed by atoms with Crippen molar-refractivity contribution in [2.45, 2.75) is 6.18 Å². The van der Waals surface area contributed by atoms with Crippen LogP contribution >= 0.6 is 0 Å². The van der Waals surface area contributed by atoms with Gasteiger partial charge in [-0.2, -0.15) is 13.2 Å². The summed E-state index contributed by atoms with van der Waals surface area (Å²) in [6.07, 6.45) is -4.63. The number of anilines is 2. The van der Waals surface area contributed by atoms with Gasteiger partial charge in [-0.15, -0.1) is 0 Å². The second-order valence-corrected chi connectivity index (χ2v) is 5.70. The third-order valence-electron chi connectivity index (χ3n) is 3.97. The minimum Gasteiger partial charge on any atom is -0.497 e. The fourth-order valence-corrected chi connectivity index (χ4v) is 2.69. The van der Waals surface area contributed by atoms with Crippen LogP contribution in [0.4, 0.5) is 30.4 Å². The molecule has 1 heterocycles. The molecule has 0 aliphatic heterocycles. The normalized spacial score (nSPS) is 11.3. The first-order valence-electron chi connectivity index (χ1n) is 7.88. The number of rotatable bonds is 5. The highest BCUT2D eigenvalue weighted by molar-refractivity contribution is 5.86. The summed E-state index contributed by atoms with van der Waals surface area (Å²) in [5, 5.41) is 13.7. The maximum absolute atomic E-state index is 13.5. The van der Waals surface area contributed by atoms with Crippen molar-refractivity contribution in [3.8, 4) is 11.5 Å². The van der Waals surface area contributed by atoms with E-state index in [0.29, 0.717) is 0 Å². The van der Waals surface area contributed by atoms with E-state index in [1.54, 1.807) is 0 Å². The van der Waals surface area contributed by atoms with Crippen LogP contribution in [-0.2, 0) is 6.18 Å². The molecule has 1 N–H and O–H groups in total. The SMILES string of the molecule is COc1ccc2nc(Nc3ccc(OC)c([N+](=O)[O-])c3)cc(C(F)(F)F)c2c1. The van der Waals surface area contributed by atoms with Crippen LogP contribution < -0.4 is 14.8 Å². The van der Waals surface area contributed by atoms with Crippen LogP contribution in [0, 0.1) is 10.1 Å². The van der Waals surface area contributed by atoms with Gasteiger partial charge in [0.2, 0.25) is 0 Å². The Morgan fingerprint density at radius 1 is 1.07 bits per heavy atom. The molecule has 0 unspecified atom stereocenters. The van der Waals surface area contributed by atoms with E-state index >= 15 is 0 Å². The fraction of sp³-hybridized carbons (Fsp3) is 0.167. The van der Waals surface area contributed by atoms with E-state index < -0.39 is 16.7 Å². The van der Waals surface area contributed by atoms with Gasteiger partial charge >= 0.3 is 11.9 Å². The molecule has 0 spiro atoms. The lowest BCUT2D eigenvalue weighted by Crippen LogP contribution is -2.08. The van der Waals surface area contributed by atoms with Crippen LogP contribution in [-0.4, -0.2) is 24.1 Å². The van der Waals surface area contributed by atoms with Crippen molar-refractivity contribution >= 4 is 28.1 Å². The average Bonchev–Trinajstić information content (AvgIpc) is 2.66. The lowest BCUT2D eigenvalue weighted by Gasteiger charge is -2.14. The Hall–Kier alpha value is -3.56. The highest BCUT2D eigenvalue weighted by atomic mass is 19.4. The number of fused-ring (bicyclic) bond motifs is 1. The molecular weight excluding hydrogens is 379 g/mol. The maximum atomic E-state index is 13.5. The van der Waals surface area contributed by atoms with Crippen LogP contribution in [0.25, 0.3) is 10.9 Å². The predicted molar refractivity (Wildman–Crippen MR) is 96.2 cm³/mol. The smallest absolute Gasteiger partial charge is 0.417 e. The molecular formula is C18H14F3N3O4. The second-order valence-electron chi connectivity index (χ2n) is 5.70. The third-order valence-corrected chi connectivity index (χ3v) is 3.97. The zero-order valence-corrected chi connectivity index (χ0v) is 14.7.